The van der Waals surface area contributed by atoms with E-state index in [1.165, 1.54) is 0 Å². The lowest BCUT2D eigenvalue weighted by Crippen LogP contribution is -2.23. The summed E-state index contributed by atoms with van der Waals surface area (Å²) < 4.78 is 9.62. The standard InChI is InChI=1S/C11H15ClN2O3/c1-16-10-3-2-8(6-9(10)12)7-14-4-5-17-11(13)15/h2-3,6,14H,4-5,7H2,1H3,(H2,13,15). The molecule has 0 radical (unpaired) electrons. The zero-order valence-corrected chi connectivity index (χ0v) is 10.3. The van der Waals surface area contributed by atoms with Gasteiger partial charge in [-0.15, -0.1) is 0 Å². The molecular formula is C11H15ClN2O3. The first kappa shape index (κ1) is 13.6. The molecule has 17 heavy (non-hydrogen) atoms. The SMILES string of the molecule is COc1ccc(CNCCOC(N)=O)cc1Cl. The van der Waals surface area contributed by atoms with Gasteiger partial charge in [-0.2, -0.15) is 0 Å². The molecule has 1 aromatic rings. The Kier molecular flexibility index (Phi) is 5.59. The van der Waals surface area contributed by atoms with E-state index in [1.54, 1.807) is 13.2 Å². The van der Waals surface area contributed by atoms with Gasteiger partial charge in [0.15, 0.2) is 0 Å². The predicted molar refractivity (Wildman–Crippen MR) is 65.2 cm³/mol. The summed E-state index contributed by atoms with van der Waals surface area (Å²) in [4.78, 5) is 10.3. The zero-order valence-electron chi connectivity index (χ0n) is 9.53. The van der Waals surface area contributed by atoms with Crippen LogP contribution in [0, 0.1) is 0 Å². The lowest BCUT2D eigenvalue weighted by molar-refractivity contribution is 0.157. The number of amides is 1. The Balaban J connectivity index is 2.32. The molecule has 0 bridgehead atoms. The van der Waals surface area contributed by atoms with Crippen LogP contribution in [-0.4, -0.2) is 26.4 Å². The molecule has 0 aromatic heterocycles. The lowest BCUT2D eigenvalue weighted by Gasteiger charge is -2.07. The van der Waals surface area contributed by atoms with Gasteiger partial charge in [0.1, 0.15) is 12.4 Å². The lowest BCUT2D eigenvalue weighted by atomic mass is 10.2. The van der Waals surface area contributed by atoms with Crippen LogP contribution in [0.4, 0.5) is 4.79 Å². The smallest absolute Gasteiger partial charge is 0.404 e. The van der Waals surface area contributed by atoms with Gasteiger partial charge in [-0.1, -0.05) is 17.7 Å². The summed E-state index contributed by atoms with van der Waals surface area (Å²) in [6, 6.07) is 5.54. The minimum absolute atomic E-state index is 0.249. The Labute approximate surface area is 105 Å². The molecule has 0 aliphatic heterocycles. The molecule has 0 unspecified atom stereocenters. The van der Waals surface area contributed by atoms with Crippen molar-refractivity contribution in [2.45, 2.75) is 6.54 Å². The van der Waals surface area contributed by atoms with Crippen molar-refractivity contribution in [1.29, 1.82) is 0 Å². The number of halogens is 1. The average Bonchev–Trinajstić information content (AvgIpc) is 2.28. The maximum Gasteiger partial charge on any atom is 0.404 e. The highest BCUT2D eigenvalue weighted by atomic mass is 35.5. The number of ether oxygens (including phenoxy) is 2. The van der Waals surface area contributed by atoms with Crippen molar-refractivity contribution in [3.8, 4) is 5.75 Å². The van der Waals surface area contributed by atoms with Crippen molar-refractivity contribution >= 4 is 17.7 Å². The van der Waals surface area contributed by atoms with Crippen LogP contribution < -0.4 is 15.8 Å². The highest BCUT2D eigenvalue weighted by Gasteiger charge is 2.01. The molecule has 6 heteroatoms. The van der Waals surface area contributed by atoms with Crippen LogP contribution in [0.15, 0.2) is 18.2 Å². The Hall–Kier alpha value is -1.46. The molecule has 5 nitrogen and oxygen atoms in total. The molecule has 0 aliphatic carbocycles. The minimum atomic E-state index is -0.765. The first-order valence-electron chi connectivity index (χ1n) is 5.09. The van der Waals surface area contributed by atoms with Crippen LogP contribution in [0.3, 0.4) is 0 Å². The fraction of sp³-hybridized carbons (Fsp3) is 0.364. The van der Waals surface area contributed by atoms with E-state index < -0.39 is 6.09 Å². The maximum atomic E-state index is 10.3. The van der Waals surface area contributed by atoms with Crippen molar-refractivity contribution in [2.24, 2.45) is 5.73 Å². The third kappa shape index (κ3) is 4.93. The number of primary amides is 1. The van der Waals surface area contributed by atoms with Crippen molar-refractivity contribution < 1.29 is 14.3 Å². The highest BCUT2D eigenvalue weighted by Crippen LogP contribution is 2.24. The fourth-order valence-electron chi connectivity index (χ4n) is 1.28. The van der Waals surface area contributed by atoms with E-state index in [2.05, 4.69) is 10.1 Å². The summed E-state index contributed by atoms with van der Waals surface area (Å²) in [6.07, 6.45) is -0.765. The van der Waals surface area contributed by atoms with Gasteiger partial charge in [0, 0.05) is 13.1 Å². The van der Waals surface area contributed by atoms with Gasteiger partial charge in [-0.3, -0.25) is 0 Å². The monoisotopic (exact) mass is 258 g/mol. The highest BCUT2D eigenvalue weighted by molar-refractivity contribution is 6.32. The van der Waals surface area contributed by atoms with Crippen molar-refractivity contribution in [3.63, 3.8) is 0 Å². The first-order chi connectivity index (χ1) is 8.13. The number of hydrogen-bond acceptors (Lipinski definition) is 4. The van der Waals surface area contributed by atoms with E-state index in [4.69, 9.17) is 22.1 Å². The molecule has 0 atom stereocenters. The van der Waals surface area contributed by atoms with E-state index in [9.17, 15) is 4.79 Å². The van der Waals surface area contributed by atoms with Gasteiger partial charge in [0.25, 0.3) is 0 Å². The normalized spacial score (nSPS) is 10.0. The summed E-state index contributed by atoms with van der Waals surface area (Å²) in [5, 5.41) is 3.66. The number of nitrogens with one attached hydrogen (secondary N) is 1. The molecule has 1 rings (SSSR count). The Morgan fingerprint density at radius 2 is 2.29 bits per heavy atom. The van der Waals surface area contributed by atoms with E-state index in [1.807, 2.05) is 12.1 Å². The second-order valence-corrected chi connectivity index (χ2v) is 3.72. The van der Waals surface area contributed by atoms with Crippen molar-refractivity contribution in [3.05, 3.63) is 28.8 Å². The second kappa shape index (κ2) is 6.98. The van der Waals surface area contributed by atoms with Crippen LogP contribution in [0.1, 0.15) is 5.56 Å². The van der Waals surface area contributed by atoms with E-state index in [0.29, 0.717) is 23.9 Å². The van der Waals surface area contributed by atoms with Crippen molar-refractivity contribution in [2.75, 3.05) is 20.3 Å². The second-order valence-electron chi connectivity index (χ2n) is 3.31. The number of benzene rings is 1. The van der Waals surface area contributed by atoms with Gasteiger partial charge in [-0.25, -0.2) is 4.79 Å². The topological polar surface area (TPSA) is 73.6 Å². The van der Waals surface area contributed by atoms with Gasteiger partial charge < -0.3 is 20.5 Å². The number of carbonyl (C=O) groups excluding carboxylic acids is 1. The third-order valence-electron chi connectivity index (χ3n) is 2.07. The molecule has 0 fully saturated rings. The summed E-state index contributed by atoms with van der Waals surface area (Å²) >= 11 is 5.97. The van der Waals surface area contributed by atoms with Gasteiger partial charge in [0.2, 0.25) is 0 Å². The number of methoxy groups -OCH3 is 1. The fourth-order valence-corrected chi connectivity index (χ4v) is 1.56. The molecule has 3 N–H and O–H groups in total. The van der Waals surface area contributed by atoms with Crippen LogP contribution in [0.25, 0.3) is 0 Å². The Bertz CT molecular complexity index is 385. The van der Waals surface area contributed by atoms with Crippen LogP contribution in [0.2, 0.25) is 5.02 Å². The molecular weight excluding hydrogens is 244 g/mol. The quantitative estimate of drug-likeness (QED) is 0.759. The number of nitrogens with two attached hydrogens (primary N) is 1. The van der Waals surface area contributed by atoms with Gasteiger partial charge in [0.05, 0.1) is 12.1 Å². The molecule has 1 amide bonds. The minimum Gasteiger partial charge on any atom is -0.495 e. The average molecular weight is 259 g/mol. The van der Waals surface area contributed by atoms with Gasteiger partial charge >= 0.3 is 6.09 Å². The Morgan fingerprint density at radius 3 is 2.88 bits per heavy atom. The van der Waals surface area contributed by atoms with Crippen LogP contribution in [-0.2, 0) is 11.3 Å². The first-order valence-corrected chi connectivity index (χ1v) is 5.46. The molecule has 0 saturated heterocycles. The number of rotatable bonds is 6. The predicted octanol–water partition coefficient (Wildman–Crippen LogP) is 1.53. The Morgan fingerprint density at radius 1 is 1.53 bits per heavy atom. The number of carbonyl (C=O) groups is 1. The summed E-state index contributed by atoms with van der Waals surface area (Å²) in [7, 11) is 1.57. The summed E-state index contributed by atoms with van der Waals surface area (Å²) in [5.74, 6) is 0.646. The van der Waals surface area contributed by atoms with Crippen LogP contribution >= 0.6 is 11.6 Å². The summed E-state index contributed by atoms with van der Waals surface area (Å²) in [5.41, 5.74) is 5.84. The summed E-state index contributed by atoms with van der Waals surface area (Å²) in [6.45, 7) is 1.41. The molecule has 94 valence electrons. The maximum absolute atomic E-state index is 10.3. The third-order valence-corrected chi connectivity index (χ3v) is 2.36. The van der Waals surface area contributed by atoms with E-state index in [-0.39, 0.29) is 6.61 Å². The molecule has 0 saturated carbocycles. The number of hydrogen-bond donors (Lipinski definition) is 2. The molecule has 0 spiro atoms. The molecule has 1 aromatic carbocycles. The van der Waals surface area contributed by atoms with Gasteiger partial charge in [-0.05, 0) is 17.7 Å². The molecule has 0 heterocycles. The zero-order chi connectivity index (χ0) is 12.7. The van der Waals surface area contributed by atoms with E-state index in [0.717, 1.165) is 5.56 Å². The van der Waals surface area contributed by atoms with E-state index >= 15 is 0 Å². The molecule has 0 aliphatic rings. The van der Waals surface area contributed by atoms with Crippen LogP contribution in [0.5, 0.6) is 5.75 Å². The van der Waals surface area contributed by atoms with Crippen molar-refractivity contribution in [1.82, 2.24) is 5.32 Å². The largest absolute Gasteiger partial charge is 0.495 e.